The molecule has 0 radical (unpaired) electrons. The molecule has 1 aliphatic heterocycles. The Kier molecular flexibility index (Phi) is 3.62. The van der Waals surface area contributed by atoms with Crippen molar-refractivity contribution in [2.75, 3.05) is 13.7 Å². The first-order chi connectivity index (χ1) is 8.63. The lowest BCUT2D eigenvalue weighted by atomic mass is 10.1. The van der Waals surface area contributed by atoms with Crippen LogP contribution in [0.2, 0.25) is 0 Å². The number of carbonyl (C=O) groups excluding carboxylic acids is 2. The Hall–Kier alpha value is -1.88. The number of nitrogens with zero attached hydrogens (tertiary/aromatic N) is 1. The second-order valence-corrected chi connectivity index (χ2v) is 4.28. The van der Waals surface area contributed by atoms with Gasteiger partial charge >= 0.3 is 5.97 Å². The van der Waals surface area contributed by atoms with E-state index in [0.717, 1.165) is 5.56 Å². The molecule has 18 heavy (non-hydrogen) atoms. The van der Waals surface area contributed by atoms with Gasteiger partial charge in [0.1, 0.15) is 12.0 Å². The molecule has 0 unspecified atom stereocenters. The van der Waals surface area contributed by atoms with Gasteiger partial charge in [0.05, 0.1) is 7.11 Å². The van der Waals surface area contributed by atoms with Gasteiger partial charge < -0.3 is 14.7 Å². The van der Waals surface area contributed by atoms with Crippen LogP contribution in [0.4, 0.5) is 0 Å². The largest absolute Gasteiger partial charge is 0.469 e. The summed E-state index contributed by atoms with van der Waals surface area (Å²) in [7, 11) is 1.25. The van der Waals surface area contributed by atoms with Crippen molar-refractivity contribution in [1.82, 2.24) is 4.90 Å². The molecular formula is C13H15NO4. The second kappa shape index (κ2) is 5.18. The third kappa shape index (κ3) is 2.36. The van der Waals surface area contributed by atoms with Gasteiger partial charge in [0.15, 0.2) is 0 Å². The van der Waals surface area contributed by atoms with Crippen molar-refractivity contribution in [2.24, 2.45) is 5.92 Å². The van der Waals surface area contributed by atoms with Gasteiger partial charge in [-0.1, -0.05) is 30.3 Å². The molecule has 2 rings (SSSR count). The highest BCUT2D eigenvalue weighted by Gasteiger charge is 2.43. The van der Waals surface area contributed by atoms with Crippen molar-refractivity contribution in [2.45, 2.75) is 12.6 Å². The molecule has 1 N–H and O–H groups in total. The lowest BCUT2D eigenvalue weighted by Gasteiger charge is -2.15. The van der Waals surface area contributed by atoms with Crippen LogP contribution in [0.25, 0.3) is 0 Å². The molecule has 0 spiro atoms. The van der Waals surface area contributed by atoms with E-state index in [1.54, 1.807) is 0 Å². The van der Waals surface area contributed by atoms with Crippen LogP contribution in [0.3, 0.4) is 0 Å². The fourth-order valence-corrected chi connectivity index (χ4v) is 2.09. The van der Waals surface area contributed by atoms with Gasteiger partial charge in [0.25, 0.3) is 5.91 Å². The summed E-state index contributed by atoms with van der Waals surface area (Å²) in [6.45, 7) is 0.589. The van der Waals surface area contributed by atoms with Crippen LogP contribution >= 0.6 is 0 Å². The molecule has 0 aromatic heterocycles. The summed E-state index contributed by atoms with van der Waals surface area (Å²) in [5.74, 6) is -1.76. The van der Waals surface area contributed by atoms with Crippen molar-refractivity contribution in [3.05, 3.63) is 35.9 Å². The molecule has 1 heterocycles. The first-order valence-electron chi connectivity index (χ1n) is 5.72. The van der Waals surface area contributed by atoms with Gasteiger partial charge in [-0.3, -0.25) is 9.59 Å². The van der Waals surface area contributed by atoms with E-state index in [4.69, 9.17) is 0 Å². The predicted molar refractivity (Wildman–Crippen MR) is 63.4 cm³/mol. The Labute approximate surface area is 105 Å². The molecule has 0 aliphatic carbocycles. The fraction of sp³-hybridized carbons (Fsp3) is 0.385. The maximum atomic E-state index is 11.8. The quantitative estimate of drug-likeness (QED) is 0.776. The fourth-order valence-electron chi connectivity index (χ4n) is 2.09. The summed E-state index contributed by atoms with van der Waals surface area (Å²) in [4.78, 5) is 24.7. The number of aliphatic hydroxyl groups excluding tert-OH is 1. The molecule has 96 valence electrons. The molecule has 2 atom stereocenters. The van der Waals surface area contributed by atoms with Crippen molar-refractivity contribution in [1.29, 1.82) is 0 Å². The molecule has 1 aromatic carbocycles. The Balaban J connectivity index is 2.07. The van der Waals surface area contributed by atoms with Gasteiger partial charge in [-0.25, -0.2) is 0 Å². The number of rotatable bonds is 3. The number of aliphatic hydroxyl groups is 1. The van der Waals surface area contributed by atoms with Crippen LogP contribution in [-0.2, 0) is 20.9 Å². The standard InChI is InChI=1S/C13H15NO4/c1-18-13(17)10-8-14(12(16)11(10)15)7-9-5-3-2-4-6-9/h2-6,10-11,15H,7-8H2,1H3/t10-,11+/m1/s1. The van der Waals surface area contributed by atoms with Gasteiger partial charge in [-0.15, -0.1) is 0 Å². The van der Waals surface area contributed by atoms with Gasteiger partial charge in [-0.05, 0) is 5.56 Å². The Morgan fingerprint density at radius 1 is 1.44 bits per heavy atom. The average molecular weight is 249 g/mol. The topological polar surface area (TPSA) is 66.8 Å². The van der Waals surface area contributed by atoms with E-state index in [9.17, 15) is 14.7 Å². The van der Waals surface area contributed by atoms with E-state index in [1.807, 2.05) is 30.3 Å². The van der Waals surface area contributed by atoms with Crippen LogP contribution in [0.1, 0.15) is 5.56 Å². The van der Waals surface area contributed by atoms with Crippen molar-refractivity contribution < 1.29 is 19.4 Å². The van der Waals surface area contributed by atoms with Gasteiger partial charge in [0, 0.05) is 13.1 Å². The van der Waals surface area contributed by atoms with E-state index in [0.29, 0.717) is 6.54 Å². The van der Waals surface area contributed by atoms with Crippen LogP contribution < -0.4 is 0 Å². The summed E-state index contributed by atoms with van der Waals surface area (Å²) in [5, 5.41) is 9.72. The summed E-state index contributed by atoms with van der Waals surface area (Å²) >= 11 is 0. The number of likely N-dealkylation sites (tertiary alicyclic amines) is 1. The number of hydrogen-bond donors (Lipinski definition) is 1. The lowest BCUT2D eigenvalue weighted by molar-refractivity contribution is -0.150. The van der Waals surface area contributed by atoms with Gasteiger partial charge in [-0.2, -0.15) is 0 Å². The minimum absolute atomic E-state index is 0.196. The van der Waals surface area contributed by atoms with Gasteiger partial charge in [0.2, 0.25) is 0 Å². The Morgan fingerprint density at radius 3 is 2.72 bits per heavy atom. The van der Waals surface area contributed by atoms with Crippen molar-refractivity contribution >= 4 is 11.9 Å². The number of carbonyl (C=O) groups is 2. The molecule has 0 bridgehead atoms. The van der Waals surface area contributed by atoms with E-state index >= 15 is 0 Å². The minimum atomic E-state index is -1.29. The zero-order valence-electron chi connectivity index (χ0n) is 10.1. The third-order valence-electron chi connectivity index (χ3n) is 3.08. The van der Waals surface area contributed by atoms with E-state index in [2.05, 4.69) is 4.74 Å². The Bertz CT molecular complexity index is 446. The number of amides is 1. The SMILES string of the molecule is COC(=O)[C@@H]1CN(Cc2ccccc2)C(=O)[C@H]1O. The monoisotopic (exact) mass is 249 g/mol. The van der Waals surface area contributed by atoms with Crippen LogP contribution in [0.15, 0.2) is 30.3 Å². The van der Waals surface area contributed by atoms with Crippen LogP contribution in [0.5, 0.6) is 0 Å². The number of hydrogen-bond acceptors (Lipinski definition) is 4. The molecule has 5 heteroatoms. The predicted octanol–water partition coefficient (Wildman–Crippen LogP) is 0.179. The third-order valence-corrected chi connectivity index (χ3v) is 3.08. The van der Waals surface area contributed by atoms with Crippen LogP contribution in [-0.4, -0.2) is 41.6 Å². The molecule has 1 fully saturated rings. The molecule has 1 aliphatic rings. The van der Waals surface area contributed by atoms with E-state index < -0.39 is 23.9 Å². The maximum Gasteiger partial charge on any atom is 0.313 e. The molecule has 1 aromatic rings. The maximum absolute atomic E-state index is 11.8. The summed E-state index contributed by atoms with van der Waals surface area (Å²) < 4.78 is 4.57. The zero-order valence-corrected chi connectivity index (χ0v) is 10.1. The highest BCUT2D eigenvalue weighted by molar-refractivity contribution is 5.90. The number of ether oxygens (including phenoxy) is 1. The number of methoxy groups -OCH3 is 1. The highest BCUT2D eigenvalue weighted by Crippen LogP contribution is 2.21. The first-order valence-corrected chi connectivity index (χ1v) is 5.72. The molecule has 0 saturated carbocycles. The number of esters is 1. The molecular weight excluding hydrogens is 234 g/mol. The summed E-state index contributed by atoms with van der Waals surface area (Å²) in [5.41, 5.74) is 0.962. The number of benzene rings is 1. The van der Waals surface area contributed by atoms with E-state index in [-0.39, 0.29) is 6.54 Å². The zero-order chi connectivity index (χ0) is 13.1. The van der Waals surface area contributed by atoms with Crippen molar-refractivity contribution in [3.8, 4) is 0 Å². The second-order valence-electron chi connectivity index (χ2n) is 4.28. The highest BCUT2D eigenvalue weighted by atomic mass is 16.5. The molecule has 1 saturated heterocycles. The average Bonchev–Trinajstić information content (AvgIpc) is 2.67. The first kappa shape index (κ1) is 12.6. The van der Waals surface area contributed by atoms with Crippen molar-refractivity contribution in [3.63, 3.8) is 0 Å². The molecule has 5 nitrogen and oxygen atoms in total. The van der Waals surface area contributed by atoms with E-state index in [1.165, 1.54) is 12.0 Å². The molecule has 1 amide bonds. The lowest BCUT2D eigenvalue weighted by Crippen LogP contribution is -2.30. The smallest absolute Gasteiger partial charge is 0.313 e. The normalized spacial score (nSPS) is 23.2. The summed E-state index contributed by atoms with van der Waals surface area (Å²) in [6.07, 6.45) is -1.29. The van der Waals surface area contributed by atoms with Crippen LogP contribution in [0, 0.1) is 5.92 Å². The minimum Gasteiger partial charge on any atom is -0.469 e. The summed E-state index contributed by atoms with van der Waals surface area (Å²) in [6, 6.07) is 9.44. The Morgan fingerprint density at radius 2 is 2.11 bits per heavy atom.